The molecule has 0 spiro atoms. The molecule has 2 aromatic carbocycles. The molecule has 2 heteroatoms. The number of epoxide rings is 1. The van der Waals surface area contributed by atoms with E-state index in [9.17, 15) is 4.79 Å². The molecular formula is C16H12O2. The third-order valence-electron chi connectivity index (χ3n) is 3.25. The molecule has 0 aromatic heterocycles. The second-order valence-electron chi connectivity index (χ2n) is 4.33. The van der Waals surface area contributed by atoms with Crippen LogP contribution in [0.2, 0.25) is 0 Å². The molecule has 2 atom stereocenters. The lowest BCUT2D eigenvalue weighted by Crippen LogP contribution is -2.06. The van der Waals surface area contributed by atoms with E-state index in [1.807, 2.05) is 66.6 Å². The molecule has 2 aromatic rings. The van der Waals surface area contributed by atoms with E-state index in [0.29, 0.717) is 0 Å². The van der Waals surface area contributed by atoms with Gasteiger partial charge in [-0.25, -0.2) is 4.79 Å². The van der Waals surface area contributed by atoms with Crippen molar-refractivity contribution in [3.8, 4) is 0 Å². The Morgan fingerprint density at radius 2 is 1.61 bits per heavy atom. The maximum Gasteiger partial charge on any atom is 0.153 e. The number of carbonyl (C=O) groups excluding carboxylic acids is 1. The minimum Gasteiger partial charge on any atom is -0.351 e. The lowest BCUT2D eigenvalue weighted by molar-refractivity contribution is 0.336. The summed E-state index contributed by atoms with van der Waals surface area (Å²) in [5.41, 5.74) is 1.43. The van der Waals surface area contributed by atoms with Crippen molar-refractivity contribution in [3.05, 3.63) is 77.9 Å². The molecule has 18 heavy (non-hydrogen) atoms. The van der Waals surface area contributed by atoms with E-state index in [4.69, 9.17) is 4.74 Å². The van der Waals surface area contributed by atoms with Gasteiger partial charge in [0.05, 0.1) is 0 Å². The smallest absolute Gasteiger partial charge is 0.153 e. The van der Waals surface area contributed by atoms with E-state index >= 15 is 0 Å². The van der Waals surface area contributed by atoms with Gasteiger partial charge in [0.25, 0.3) is 0 Å². The highest BCUT2D eigenvalue weighted by molar-refractivity contribution is 5.54. The van der Waals surface area contributed by atoms with Crippen LogP contribution in [-0.2, 0) is 15.1 Å². The molecule has 88 valence electrons. The van der Waals surface area contributed by atoms with Crippen molar-refractivity contribution in [3.63, 3.8) is 0 Å². The third-order valence-corrected chi connectivity index (χ3v) is 3.25. The highest BCUT2D eigenvalue weighted by atomic mass is 16.6. The van der Waals surface area contributed by atoms with E-state index in [-0.39, 0.29) is 6.10 Å². The van der Waals surface area contributed by atoms with E-state index in [2.05, 4.69) is 0 Å². The zero-order chi connectivity index (χ0) is 12.4. The number of ether oxygens (including phenoxy) is 1. The van der Waals surface area contributed by atoms with Gasteiger partial charge in [0.1, 0.15) is 12.0 Å². The minimum atomic E-state index is -0.635. The van der Waals surface area contributed by atoms with Gasteiger partial charge in [0.15, 0.2) is 5.60 Å². The van der Waals surface area contributed by atoms with Gasteiger partial charge in [0, 0.05) is 6.08 Å². The first-order valence-electron chi connectivity index (χ1n) is 5.87. The lowest BCUT2D eigenvalue weighted by Gasteiger charge is -2.06. The average Bonchev–Trinajstić information content (AvgIpc) is 3.17. The van der Waals surface area contributed by atoms with Crippen LogP contribution in [0.5, 0.6) is 0 Å². The van der Waals surface area contributed by atoms with Crippen molar-refractivity contribution in [2.45, 2.75) is 11.7 Å². The molecule has 0 bridgehead atoms. The molecule has 0 amide bonds. The zero-order valence-corrected chi connectivity index (χ0v) is 9.74. The summed E-state index contributed by atoms with van der Waals surface area (Å²) in [5, 5.41) is 0. The topological polar surface area (TPSA) is 29.6 Å². The van der Waals surface area contributed by atoms with Crippen molar-refractivity contribution in [1.82, 2.24) is 0 Å². The summed E-state index contributed by atoms with van der Waals surface area (Å²) in [6.45, 7) is 0. The Hall–Kier alpha value is -2.15. The Labute approximate surface area is 106 Å². The maximum atomic E-state index is 10.8. The summed E-state index contributed by atoms with van der Waals surface area (Å²) in [6, 6.07) is 19.7. The van der Waals surface area contributed by atoms with Crippen molar-refractivity contribution in [2.24, 2.45) is 0 Å². The van der Waals surface area contributed by atoms with E-state index in [1.165, 1.54) is 6.08 Å². The van der Waals surface area contributed by atoms with Crippen LogP contribution < -0.4 is 0 Å². The van der Waals surface area contributed by atoms with Crippen LogP contribution in [0.3, 0.4) is 0 Å². The van der Waals surface area contributed by atoms with Crippen molar-refractivity contribution < 1.29 is 9.53 Å². The van der Waals surface area contributed by atoms with Crippen molar-refractivity contribution in [2.75, 3.05) is 0 Å². The first-order chi connectivity index (χ1) is 8.87. The Bertz CT molecular complexity index is 585. The zero-order valence-electron chi connectivity index (χ0n) is 9.74. The standard InChI is InChI=1S/C16H12O2/c17-12-11-16(14-9-5-2-6-10-14)15(18-16)13-7-3-1-4-8-13/h1-11,15H/t15-,16+/m1/s1. The predicted molar refractivity (Wildman–Crippen MR) is 68.7 cm³/mol. The number of rotatable bonds is 3. The van der Waals surface area contributed by atoms with Gasteiger partial charge in [-0.1, -0.05) is 60.7 Å². The fourth-order valence-corrected chi connectivity index (χ4v) is 2.30. The normalized spacial score (nSPS) is 25.2. The minimum absolute atomic E-state index is 0.0949. The van der Waals surface area contributed by atoms with Crippen LogP contribution in [0.1, 0.15) is 17.2 Å². The van der Waals surface area contributed by atoms with Crippen LogP contribution in [0.4, 0.5) is 0 Å². The largest absolute Gasteiger partial charge is 0.351 e. The molecule has 1 aliphatic rings. The molecule has 2 nitrogen and oxygen atoms in total. The maximum absolute atomic E-state index is 10.8. The number of hydrogen-bond donors (Lipinski definition) is 0. The summed E-state index contributed by atoms with van der Waals surface area (Å²) >= 11 is 0. The van der Waals surface area contributed by atoms with Crippen molar-refractivity contribution in [1.29, 1.82) is 0 Å². The molecule has 0 radical (unpaired) electrons. The fraction of sp³-hybridized carbons (Fsp3) is 0.125. The quantitative estimate of drug-likeness (QED) is 0.605. The molecule has 0 aliphatic carbocycles. The fourth-order valence-electron chi connectivity index (χ4n) is 2.30. The second-order valence-corrected chi connectivity index (χ2v) is 4.33. The molecule has 1 saturated heterocycles. The van der Waals surface area contributed by atoms with E-state index in [1.54, 1.807) is 0 Å². The number of hydrogen-bond acceptors (Lipinski definition) is 2. The van der Waals surface area contributed by atoms with Gasteiger partial charge in [-0.3, -0.25) is 0 Å². The summed E-state index contributed by atoms with van der Waals surface area (Å²) in [6.07, 6.45) is 1.38. The van der Waals surface area contributed by atoms with Crippen molar-refractivity contribution >= 4 is 5.94 Å². The van der Waals surface area contributed by atoms with Gasteiger partial charge >= 0.3 is 0 Å². The lowest BCUT2D eigenvalue weighted by atomic mass is 9.92. The van der Waals surface area contributed by atoms with Gasteiger partial charge in [0.2, 0.25) is 0 Å². The van der Waals surface area contributed by atoms with E-state index in [0.717, 1.165) is 11.1 Å². The summed E-state index contributed by atoms with van der Waals surface area (Å²) in [4.78, 5) is 10.8. The molecule has 3 rings (SSSR count). The highest BCUT2D eigenvalue weighted by Crippen LogP contribution is 2.57. The summed E-state index contributed by atoms with van der Waals surface area (Å²) in [7, 11) is 0. The van der Waals surface area contributed by atoms with E-state index < -0.39 is 5.60 Å². The second kappa shape index (κ2) is 4.26. The van der Waals surface area contributed by atoms with Gasteiger partial charge in [-0.2, -0.15) is 0 Å². The molecule has 0 saturated carbocycles. The third kappa shape index (κ3) is 1.68. The first-order valence-corrected chi connectivity index (χ1v) is 5.87. The monoisotopic (exact) mass is 236 g/mol. The van der Waals surface area contributed by atoms with Gasteiger partial charge in [-0.05, 0) is 11.1 Å². The summed E-state index contributed by atoms with van der Waals surface area (Å²) in [5.74, 6) is 1.87. The Balaban J connectivity index is 2.01. The molecular weight excluding hydrogens is 224 g/mol. The molecule has 1 aliphatic heterocycles. The highest BCUT2D eigenvalue weighted by Gasteiger charge is 2.57. The van der Waals surface area contributed by atoms with Gasteiger partial charge < -0.3 is 4.74 Å². The first kappa shape index (κ1) is 11.0. The van der Waals surface area contributed by atoms with Crippen LogP contribution in [0, 0.1) is 0 Å². The van der Waals surface area contributed by atoms with Gasteiger partial charge in [-0.15, -0.1) is 0 Å². The average molecular weight is 236 g/mol. The molecule has 1 heterocycles. The van der Waals surface area contributed by atoms with Crippen LogP contribution in [0.15, 0.2) is 66.7 Å². The molecule has 0 unspecified atom stereocenters. The Morgan fingerprint density at radius 3 is 2.22 bits per heavy atom. The molecule has 0 N–H and O–H groups in total. The van der Waals surface area contributed by atoms with Crippen LogP contribution >= 0.6 is 0 Å². The Kier molecular flexibility index (Phi) is 2.60. The summed E-state index contributed by atoms with van der Waals surface area (Å²) < 4.78 is 5.80. The predicted octanol–water partition coefficient (Wildman–Crippen LogP) is 3.04. The SMILES string of the molecule is O=C=C[C@@]1(c2ccccc2)O[C@@H]1c1ccccc1. The Morgan fingerprint density at radius 1 is 1.00 bits per heavy atom. The molecule has 1 fully saturated rings. The van der Waals surface area contributed by atoms with Crippen LogP contribution in [-0.4, -0.2) is 5.94 Å². The number of benzene rings is 2. The van der Waals surface area contributed by atoms with Crippen LogP contribution in [0.25, 0.3) is 0 Å².